The third-order valence-electron chi connectivity index (χ3n) is 2.83. The summed E-state index contributed by atoms with van der Waals surface area (Å²) in [6.07, 6.45) is -0.497. The number of anilines is 1. The Balaban J connectivity index is 2.33. The molecule has 0 bridgehead atoms. The van der Waals surface area contributed by atoms with Crippen molar-refractivity contribution in [2.24, 2.45) is 0 Å². The van der Waals surface area contributed by atoms with Crippen LogP contribution in [0.15, 0.2) is 24.3 Å². The molecule has 1 aromatic rings. The molecule has 19 heavy (non-hydrogen) atoms. The molecule has 0 spiro atoms. The molecule has 2 amide bonds. The predicted octanol–water partition coefficient (Wildman–Crippen LogP) is 1.55. The van der Waals surface area contributed by atoms with Crippen molar-refractivity contribution in [2.45, 2.75) is 13.5 Å². The van der Waals surface area contributed by atoms with Crippen molar-refractivity contribution in [3.63, 3.8) is 0 Å². The van der Waals surface area contributed by atoms with Gasteiger partial charge in [0.25, 0.3) is 5.91 Å². The highest BCUT2D eigenvalue weighted by atomic mass is 16.7. The summed E-state index contributed by atoms with van der Waals surface area (Å²) in [5.41, 5.74) is 1.49. The molecular formula is C13H16N2O4. The fraction of sp³-hybridized carbons (Fsp3) is 0.385. The molecule has 0 saturated heterocycles. The van der Waals surface area contributed by atoms with Gasteiger partial charge in [-0.05, 0) is 18.6 Å². The lowest BCUT2D eigenvalue weighted by Gasteiger charge is -2.19. The molecule has 1 aromatic carbocycles. The van der Waals surface area contributed by atoms with Gasteiger partial charge in [-0.3, -0.25) is 14.5 Å². The van der Waals surface area contributed by atoms with Gasteiger partial charge < -0.3 is 4.74 Å². The number of fused-ring (bicyclic) bond motifs is 1. The summed E-state index contributed by atoms with van der Waals surface area (Å²) in [6, 6.07) is 7.31. The number of hydrogen-bond acceptors (Lipinski definition) is 4. The molecule has 0 radical (unpaired) electrons. The molecule has 0 saturated carbocycles. The Morgan fingerprint density at radius 3 is 2.74 bits per heavy atom. The average molecular weight is 264 g/mol. The number of rotatable bonds is 2. The lowest BCUT2D eigenvalue weighted by atomic mass is 10.2. The maximum Gasteiger partial charge on any atom is 0.410 e. The van der Waals surface area contributed by atoms with E-state index in [4.69, 9.17) is 9.57 Å². The number of para-hydroxylation sites is 1. The van der Waals surface area contributed by atoms with Gasteiger partial charge in [-0.2, -0.15) is 5.06 Å². The molecule has 0 aliphatic carbocycles. The van der Waals surface area contributed by atoms with E-state index in [1.54, 1.807) is 13.0 Å². The second kappa shape index (κ2) is 5.71. The summed E-state index contributed by atoms with van der Waals surface area (Å²) < 4.78 is 4.94. The Hall–Kier alpha value is -2.08. The van der Waals surface area contributed by atoms with Crippen LogP contribution in [0.5, 0.6) is 0 Å². The minimum absolute atomic E-state index is 0.0681. The second-order valence-corrected chi connectivity index (χ2v) is 4.05. The van der Waals surface area contributed by atoms with Gasteiger partial charge in [-0.1, -0.05) is 18.2 Å². The highest BCUT2D eigenvalue weighted by Crippen LogP contribution is 2.25. The van der Waals surface area contributed by atoms with Crippen molar-refractivity contribution in [2.75, 3.05) is 25.3 Å². The second-order valence-electron chi connectivity index (χ2n) is 4.05. The Labute approximate surface area is 111 Å². The summed E-state index contributed by atoms with van der Waals surface area (Å²) in [5.74, 6) is -0.305. The van der Waals surface area contributed by atoms with Crippen molar-refractivity contribution in [1.29, 1.82) is 0 Å². The first-order valence-corrected chi connectivity index (χ1v) is 6.04. The molecule has 102 valence electrons. The van der Waals surface area contributed by atoms with Crippen LogP contribution in [0.1, 0.15) is 12.5 Å². The zero-order valence-electron chi connectivity index (χ0n) is 11.0. The number of amides is 2. The highest BCUT2D eigenvalue weighted by Gasteiger charge is 2.29. The minimum atomic E-state index is -0.497. The van der Waals surface area contributed by atoms with E-state index >= 15 is 0 Å². The Morgan fingerprint density at radius 2 is 2.05 bits per heavy atom. The van der Waals surface area contributed by atoms with Gasteiger partial charge >= 0.3 is 6.09 Å². The maximum atomic E-state index is 12.1. The van der Waals surface area contributed by atoms with Crippen molar-refractivity contribution in [1.82, 2.24) is 4.90 Å². The van der Waals surface area contributed by atoms with Gasteiger partial charge in [0.2, 0.25) is 0 Å². The summed E-state index contributed by atoms with van der Waals surface area (Å²) in [7, 11) is 1.43. The van der Waals surface area contributed by atoms with E-state index in [9.17, 15) is 9.59 Å². The van der Waals surface area contributed by atoms with E-state index in [-0.39, 0.29) is 19.1 Å². The quantitative estimate of drug-likeness (QED) is 0.813. The summed E-state index contributed by atoms with van der Waals surface area (Å²) in [4.78, 5) is 30.3. The number of nitrogens with zero attached hydrogens (tertiary/aromatic N) is 2. The van der Waals surface area contributed by atoms with Gasteiger partial charge in [0.1, 0.15) is 6.54 Å². The number of carbonyl (C=O) groups is 2. The molecule has 0 N–H and O–H groups in total. The topological polar surface area (TPSA) is 59.1 Å². The molecule has 0 fully saturated rings. The molecule has 0 aromatic heterocycles. The number of benzene rings is 1. The summed E-state index contributed by atoms with van der Waals surface area (Å²) in [6.45, 7) is 2.26. The molecule has 0 atom stereocenters. The highest BCUT2D eigenvalue weighted by molar-refractivity contribution is 5.96. The van der Waals surface area contributed by atoms with E-state index in [0.29, 0.717) is 12.2 Å². The molecular weight excluding hydrogens is 248 g/mol. The van der Waals surface area contributed by atoms with E-state index in [2.05, 4.69) is 0 Å². The zero-order chi connectivity index (χ0) is 13.8. The van der Waals surface area contributed by atoms with Crippen LogP contribution in [0.4, 0.5) is 10.5 Å². The molecule has 1 aliphatic heterocycles. The summed E-state index contributed by atoms with van der Waals surface area (Å²) >= 11 is 0. The molecule has 1 heterocycles. The van der Waals surface area contributed by atoms with Gasteiger partial charge in [-0.25, -0.2) is 4.79 Å². The van der Waals surface area contributed by atoms with E-state index in [1.807, 2.05) is 18.2 Å². The first-order chi connectivity index (χ1) is 9.17. The first kappa shape index (κ1) is 13.4. The van der Waals surface area contributed by atoms with Crippen molar-refractivity contribution >= 4 is 17.7 Å². The van der Waals surface area contributed by atoms with Crippen molar-refractivity contribution < 1.29 is 19.2 Å². The smallest absolute Gasteiger partial charge is 0.410 e. The third kappa shape index (κ3) is 2.68. The normalized spacial score (nSPS) is 14.9. The lowest BCUT2D eigenvalue weighted by molar-refractivity contribution is -0.125. The van der Waals surface area contributed by atoms with Crippen molar-refractivity contribution in [3.05, 3.63) is 29.8 Å². The summed E-state index contributed by atoms with van der Waals surface area (Å²) in [5, 5.41) is 1.20. The Kier molecular flexibility index (Phi) is 4.01. The number of carbonyl (C=O) groups excluding carboxylic acids is 2. The van der Waals surface area contributed by atoms with Crippen LogP contribution in [-0.2, 0) is 20.9 Å². The average Bonchev–Trinajstić information content (AvgIpc) is 2.54. The van der Waals surface area contributed by atoms with Gasteiger partial charge in [-0.15, -0.1) is 0 Å². The molecule has 6 nitrogen and oxygen atoms in total. The standard InChI is InChI=1S/C13H16N2O4/c1-3-19-13(17)14-8-10-6-4-5-7-11(10)15(18-2)12(16)9-14/h4-7H,3,8-9H2,1-2H3. The van der Waals surface area contributed by atoms with Crippen LogP contribution >= 0.6 is 0 Å². The Morgan fingerprint density at radius 1 is 1.32 bits per heavy atom. The monoisotopic (exact) mass is 264 g/mol. The largest absolute Gasteiger partial charge is 0.450 e. The maximum absolute atomic E-state index is 12.1. The van der Waals surface area contributed by atoms with Crippen LogP contribution in [0, 0.1) is 0 Å². The van der Waals surface area contributed by atoms with Gasteiger partial charge in [0, 0.05) is 0 Å². The fourth-order valence-corrected chi connectivity index (χ4v) is 2.01. The van der Waals surface area contributed by atoms with Gasteiger partial charge in [0.15, 0.2) is 0 Å². The predicted molar refractivity (Wildman–Crippen MR) is 68.4 cm³/mol. The number of hydroxylamine groups is 1. The zero-order valence-corrected chi connectivity index (χ0v) is 11.0. The van der Waals surface area contributed by atoms with Gasteiger partial charge in [0.05, 0.1) is 25.9 Å². The Bertz CT molecular complexity index is 489. The third-order valence-corrected chi connectivity index (χ3v) is 2.83. The van der Waals surface area contributed by atoms with E-state index < -0.39 is 6.09 Å². The molecule has 2 rings (SSSR count). The number of hydrogen-bond donors (Lipinski definition) is 0. The minimum Gasteiger partial charge on any atom is -0.450 e. The van der Waals surface area contributed by atoms with Crippen LogP contribution in [0.3, 0.4) is 0 Å². The SMILES string of the molecule is CCOC(=O)N1CC(=O)N(OC)c2ccccc2C1. The van der Waals surface area contributed by atoms with Crippen LogP contribution in [-0.4, -0.2) is 37.2 Å². The van der Waals surface area contributed by atoms with Crippen molar-refractivity contribution in [3.8, 4) is 0 Å². The fourth-order valence-electron chi connectivity index (χ4n) is 2.01. The number of ether oxygens (including phenoxy) is 1. The van der Waals surface area contributed by atoms with E-state index in [1.165, 1.54) is 17.1 Å². The molecule has 0 unspecified atom stereocenters. The van der Waals surface area contributed by atoms with Crippen LogP contribution in [0.25, 0.3) is 0 Å². The van der Waals surface area contributed by atoms with Crippen LogP contribution in [0.2, 0.25) is 0 Å². The first-order valence-electron chi connectivity index (χ1n) is 6.04. The lowest BCUT2D eigenvalue weighted by Crippen LogP contribution is -2.39. The molecule has 1 aliphatic rings. The van der Waals surface area contributed by atoms with E-state index in [0.717, 1.165) is 5.56 Å². The van der Waals surface area contributed by atoms with Crippen LogP contribution < -0.4 is 5.06 Å². The molecule has 6 heteroatoms.